The van der Waals surface area contributed by atoms with E-state index in [9.17, 15) is 0 Å². The molecule has 0 N–H and O–H groups in total. The zero-order chi connectivity index (χ0) is 13.0. The molecule has 0 aliphatic rings. The van der Waals surface area contributed by atoms with Crippen molar-refractivity contribution in [3.8, 4) is 17.0 Å². The molecule has 2 rings (SSSR count). The largest absolute Gasteiger partial charge is 0.497 e. The minimum atomic E-state index is 0.0792. The highest BCUT2D eigenvalue weighted by molar-refractivity contribution is 5.61. The lowest BCUT2D eigenvalue weighted by atomic mass is 10.0. The third-order valence-electron chi connectivity index (χ3n) is 2.97. The van der Waals surface area contributed by atoms with Crippen molar-refractivity contribution in [3.63, 3.8) is 0 Å². The molecule has 0 unspecified atom stereocenters. The number of pyridine rings is 1. The summed E-state index contributed by atoms with van der Waals surface area (Å²) in [5.74, 6) is 0.810. The molecule has 0 bridgehead atoms. The molecule has 0 saturated heterocycles. The van der Waals surface area contributed by atoms with Crippen LogP contribution in [0.5, 0.6) is 5.75 Å². The zero-order valence-electron chi connectivity index (χ0n) is 10.9. The van der Waals surface area contributed by atoms with Crippen molar-refractivity contribution in [2.45, 2.75) is 13.0 Å². The Morgan fingerprint density at radius 2 is 1.94 bits per heavy atom. The third-order valence-corrected chi connectivity index (χ3v) is 2.97. The highest BCUT2D eigenvalue weighted by Crippen LogP contribution is 2.25. The molecule has 0 aliphatic heterocycles. The van der Waals surface area contributed by atoms with Crippen LogP contribution in [0.3, 0.4) is 0 Å². The molecule has 0 fully saturated rings. The highest BCUT2D eigenvalue weighted by atomic mass is 16.5. The van der Waals surface area contributed by atoms with Crippen molar-refractivity contribution in [2.24, 2.45) is 0 Å². The van der Waals surface area contributed by atoms with E-state index >= 15 is 0 Å². The van der Waals surface area contributed by atoms with E-state index in [1.807, 2.05) is 31.2 Å². The molecule has 1 aromatic heterocycles. The van der Waals surface area contributed by atoms with Crippen molar-refractivity contribution in [1.82, 2.24) is 4.98 Å². The van der Waals surface area contributed by atoms with E-state index in [-0.39, 0.29) is 6.10 Å². The lowest BCUT2D eigenvalue weighted by molar-refractivity contribution is 0.119. The molecule has 3 heteroatoms. The molecule has 18 heavy (non-hydrogen) atoms. The molecular weight excluding hydrogens is 226 g/mol. The van der Waals surface area contributed by atoms with E-state index in [0.29, 0.717) is 0 Å². The topological polar surface area (TPSA) is 31.4 Å². The maximum absolute atomic E-state index is 5.33. The third kappa shape index (κ3) is 2.68. The Morgan fingerprint density at radius 3 is 2.67 bits per heavy atom. The van der Waals surface area contributed by atoms with E-state index in [4.69, 9.17) is 9.47 Å². The van der Waals surface area contributed by atoms with Gasteiger partial charge in [0.25, 0.3) is 0 Å². The van der Waals surface area contributed by atoms with E-state index in [2.05, 4.69) is 17.1 Å². The number of nitrogens with zero attached hydrogens (tertiary/aromatic N) is 1. The number of ether oxygens (including phenoxy) is 2. The Morgan fingerprint density at radius 1 is 1.11 bits per heavy atom. The molecule has 94 valence electrons. The number of rotatable bonds is 4. The summed E-state index contributed by atoms with van der Waals surface area (Å²) in [5.41, 5.74) is 3.11. The average molecular weight is 243 g/mol. The Balaban J connectivity index is 2.38. The minimum Gasteiger partial charge on any atom is -0.497 e. The van der Waals surface area contributed by atoms with Crippen LogP contribution in [-0.2, 0) is 4.74 Å². The summed E-state index contributed by atoms with van der Waals surface area (Å²) < 4.78 is 10.5. The normalized spacial score (nSPS) is 12.2. The first kappa shape index (κ1) is 12.6. The van der Waals surface area contributed by atoms with Gasteiger partial charge < -0.3 is 9.47 Å². The first-order valence-electron chi connectivity index (χ1n) is 5.87. The highest BCUT2D eigenvalue weighted by Gasteiger charge is 2.06. The molecule has 0 radical (unpaired) electrons. The maximum Gasteiger partial charge on any atom is 0.122 e. The van der Waals surface area contributed by atoms with Gasteiger partial charge in [-0.2, -0.15) is 0 Å². The van der Waals surface area contributed by atoms with Crippen LogP contribution in [0.4, 0.5) is 0 Å². The molecule has 0 saturated carbocycles. The molecule has 0 aliphatic carbocycles. The molecule has 1 aromatic carbocycles. The van der Waals surface area contributed by atoms with Crippen LogP contribution < -0.4 is 4.74 Å². The van der Waals surface area contributed by atoms with Crippen molar-refractivity contribution < 1.29 is 9.47 Å². The van der Waals surface area contributed by atoms with Gasteiger partial charge in [-0.05, 0) is 24.6 Å². The van der Waals surface area contributed by atoms with Gasteiger partial charge in [0.1, 0.15) is 5.75 Å². The summed E-state index contributed by atoms with van der Waals surface area (Å²) in [5, 5.41) is 0. The Kier molecular flexibility index (Phi) is 3.95. The summed E-state index contributed by atoms with van der Waals surface area (Å²) in [4.78, 5) is 4.36. The van der Waals surface area contributed by atoms with Crippen LogP contribution >= 0.6 is 0 Å². The quantitative estimate of drug-likeness (QED) is 0.824. The zero-order valence-corrected chi connectivity index (χ0v) is 10.9. The fourth-order valence-electron chi connectivity index (χ4n) is 1.78. The van der Waals surface area contributed by atoms with Crippen molar-refractivity contribution in [3.05, 3.63) is 48.2 Å². The van der Waals surface area contributed by atoms with Gasteiger partial charge >= 0.3 is 0 Å². The predicted octanol–water partition coefficient (Wildman–Crippen LogP) is 3.46. The summed E-state index contributed by atoms with van der Waals surface area (Å²) >= 11 is 0. The Hall–Kier alpha value is -1.87. The van der Waals surface area contributed by atoms with Gasteiger partial charge in [0, 0.05) is 24.9 Å². The lowest BCUT2D eigenvalue weighted by Gasteiger charge is -2.11. The predicted molar refractivity (Wildman–Crippen MR) is 71.6 cm³/mol. The molecule has 1 atom stereocenters. The monoisotopic (exact) mass is 243 g/mol. The van der Waals surface area contributed by atoms with Gasteiger partial charge in [-0.25, -0.2) is 0 Å². The summed E-state index contributed by atoms with van der Waals surface area (Å²) in [6.07, 6.45) is 1.83. The van der Waals surface area contributed by atoms with Crippen LogP contribution in [0, 0.1) is 0 Å². The first-order valence-corrected chi connectivity index (χ1v) is 5.87. The van der Waals surface area contributed by atoms with Crippen LogP contribution in [0.15, 0.2) is 42.6 Å². The van der Waals surface area contributed by atoms with Gasteiger partial charge in [-0.3, -0.25) is 4.98 Å². The molecule has 1 heterocycles. The van der Waals surface area contributed by atoms with Crippen LogP contribution in [0.1, 0.15) is 18.6 Å². The molecule has 0 spiro atoms. The van der Waals surface area contributed by atoms with E-state index in [0.717, 1.165) is 22.6 Å². The van der Waals surface area contributed by atoms with Crippen molar-refractivity contribution in [2.75, 3.05) is 14.2 Å². The molecule has 0 amide bonds. The SMILES string of the molecule is COc1ccnc(-c2cccc([C@@H](C)OC)c2)c1. The fourth-order valence-corrected chi connectivity index (χ4v) is 1.78. The summed E-state index contributed by atoms with van der Waals surface area (Å²) in [6, 6.07) is 12.0. The van der Waals surface area contributed by atoms with Gasteiger partial charge in [-0.15, -0.1) is 0 Å². The Labute approximate surface area is 107 Å². The standard InChI is InChI=1S/C15H17NO2/c1-11(17-2)12-5-4-6-13(9-12)15-10-14(18-3)7-8-16-15/h4-11H,1-3H3/t11-/m1/s1. The molecular formula is C15H17NO2. The van der Waals surface area contributed by atoms with E-state index in [1.165, 1.54) is 0 Å². The molecule has 3 nitrogen and oxygen atoms in total. The summed E-state index contributed by atoms with van der Waals surface area (Å²) in [7, 11) is 3.36. The smallest absolute Gasteiger partial charge is 0.122 e. The van der Waals surface area contributed by atoms with Crippen LogP contribution in [0.25, 0.3) is 11.3 Å². The second kappa shape index (κ2) is 5.65. The van der Waals surface area contributed by atoms with Crippen LogP contribution in [-0.4, -0.2) is 19.2 Å². The van der Waals surface area contributed by atoms with E-state index < -0.39 is 0 Å². The lowest BCUT2D eigenvalue weighted by Crippen LogP contribution is -1.96. The number of hydrogen-bond donors (Lipinski definition) is 0. The average Bonchev–Trinajstić information content (AvgIpc) is 2.46. The minimum absolute atomic E-state index is 0.0792. The fraction of sp³-hybridized carbons (Fsp3) is 0.267. The van der Waals surface area contributed by atoms with Crippen molar-refractivity contribution >= 4 is 0 Å². The van der Waals surface area contributed by atoms with Gasteiger partial charge in [-0.1, -0.05) is 18.2 Å². The number of benzene rings is 1. The maximum atomic E-state index is 5.33. The second-order valence-electron chi connectivity index (χ2n) is 4.08. The number of methoxy groups -OCH3 is 2. The van der Waals surface area contributed by atoms with E-state index in [1.54, 1.807) is 20.4 Å². The van der Waals surface area contributed by atoms with Gasteiger partial charge in [0.15, 0.2) is 0 Å². The number of hydrogen-bond acceptors (Lipinski definition) is 3. The van der Waals surface area contributed by atoms with Crippen molar-refractivity contribution in [1.29, 1.82) is 0 Å². The summed E-state index contributed by atoms with van der Waals surface area (Å²) in [6.45, 7) is 2.03. The van der Waals surface area contributed by atoms with Gasteiger partial charge in [0.2, 0.25) is 0 Å². The second-order valence-corrected chi connectivity index (χ2v) is 4.08. The number of aromatic nitrogens is 1. The molecule has 2 aromatic rings. The van der Waals surface area contributed by atoms with Gasteiger partial charge in [0.05, 0.1) is 18.9 Å². The van der Waals surface area contributed by atoms with Crippen LogP contribution in [0.2, 0.25) is 0 Å². The Bertz CT molecular complexity index is 525. The first-order chi connectivity index (χ1) is 8.74.